The molecule has 0 atom stereocenters. The molecule has 0 N–H and O–H groups in total. The summed E-state index contributed by atoms with van der Waals surface area (Å²) in [6, 6.07) is 7.90. The molecule has 0 spiro atoms. The van der Waals surface area contributed by atoms with Gasteiger partial charge in [-0.25, -0.2) is 0 Å². The lowest BCUT2D eigenvalue weighted by atomic mass is 10.1. The van der Waals surface area contributed by atoms with E-state index in [4.69, 9.17) is 0 Å². The first-order valence-corrected chi connectivity index (χ1v) is 3.80. The minimum absolute atomic E-state index is 0.235. The van der Waals surface area contributed by atoms with Gasteiger partial charge in [-0.2, -0.15) is 0 Å². The normalized spacial score (nSPS) is 10.0. The largest absolute Gasteiger partial charge is 0.251 e. The highest BCUT2D eigenvalue weighted by atomic mass is 19.1. The van der Waals surface area contributed by atoms with E-state index >= 15 is 0 Å². The Morgan fingerprint density at radius 2 is 2.18 bits per heavy atom. The second kappa shape index (κ2) is 4.12. The van der Waals surface area contributed by atoms with Crippen molar-refractivity contribution in [3.63, 3.8) is 0 Å². The number of hydrogen-bond acceptors (Lipinski definition) is 0. The zero-order valence-electron chi connectivity index (χ0n) is 6.52. The fourth-order valence-corrected chi connectivity index (χ4v) is 1.06. The third kappa shape index (κ3) is 2.71. The Balaban J connectivity index is 2.56. The van der Waals surface area contributed by atoms with Gasteiger partial charge in [0, 0.05) is 0 Å². The van der Waals surface area contributed by atoms with Gasteiger partial charge in [0.1, 0.15) is 0 Å². The third-order valence-corrected chi connectivity index (χ3v) is 1.59. The molecule has 59 valence electrons. The van der Waals surface area contributed by atoms with Crippen LogP contribution in [-0.2, 0) is 6.42 Å². The van der Waals surface area contributed by atoms with E-state index in [-0.39, 0.29) is 6.67 Å². The molecular weight excluding hydrogens is 139 g/mol. The summed E-state index contributed by atoms with van der Waals surface area (Å²) >= 11 is 0. The highest BCUT2D eigenvalue weighted by Gasteiger charge is 1.91. The smallest absolute Gasteiger partial charge is 0.0897 e. The molecule has 0 saturated carbocycles. The molecule has 0 aromatic heterocycles. The third-order valence-electron chi connectivity index (χ3n) is 1.59. The number of hydrogen-bond donors (Lipinski definition) is 0. The fourth-order valence-electron chi connectivity index (χ4n) is 1.06. The van der Waals surface area contributed by atoms with E-state index in [0.29, 0.717) is 6.42 Å². The number of rotatable bonds is 3. The molecule has 0 fully saturated rings. The number of halogens is 1. The second-order valence-corrected chi connectivity index (χ2v) is 2.61. The lowest BCUT2D eigenvalue weighted by molar-refractivity contribution is 0.473. The Labute approximate surface area is 67.1 Å². The van der Waals surface area contributed by atoms with Crippen molar-refractivity contribution in [1.29, 1.82) is 0 Å². The van der Waals surface area contributed by atoms with Crippen LogP contribution in [0.3, 0.4) is 0 Å². The maximum Gasteiger partial charge on any atom is 0.0897 e. The summed E-state index contributed by atoms with van der Waals surface area (Å²) in [6.07, 6.45) is 1.43. The summed E-state index contributed by atoms with van der Waals surface area (Å²) in [5.41, 5.74) is 2.18. The molecule has 1 heteroatoms. The van der Waals surface area contributed by atoms with E-state index in [1.807, 2.05) is 24.3 Å². The molecule has 0 saturated heterocycles. The molecule has 0 aliphatic rings. The standard InChI is InChI=1S/C10H12F/c1-9-4-2-5-10(8-9)6-3-7-11/h2,4-5,8H,1,3,6-7H2. The van der Waals surface area contributed by atoms with Gasteiger partial charge in [0.2, 0.25) is 0 Å². The van der Waals surface area contributed by atoms with Crippen molar-refractivity contribution in [1.82, 2.24) is 0 Å². The maximum atomic E-state index is 11.8. The van der Waals surface area contributed by atoms with Gasteiger partial charge in [-0.15, -0.1) is 0 Å². The van der Waals surface area contributed by atoms with E-state index in [9.17, 15) is 4.39 Å². The van der Waals surface area contributed by atoms with Crippen molar-refractivity contribution in [3.05, 3.63) is 42.3 Å². The summed E-state index contributed by atoms with van der Waals surface area (Å²) in [5.74, 6) is 0. The average Bonchev–Trinajstić information content (AvgIpc) is 2.01. The molecule has 0 amide bonds. The Bertz CT molecular complexity index is 218. The van der Waals surface area contributed by atoms with Gasteiger partial charge in [0.05, 0.1) is 6.67 Å². The van der Waals surface area contributed by atoms with Gasteiger partial charge < -0.3 is 0 Å². The van der Waals surface area contributed by atoms with Crippen LogP contribution in [0.2, 0.25) is 0 Å². The first-order chi connectivity index (χ1) is 5.33. The van der Waals surface area contributed by atoms with E-state index in [1.165, 1.54) is 5.56 Å². The van der Waals surface area contributed by atoms with Crippen LogP contribution >= 0.6 is 0 Å². The van der Waals surface area contributed by atoms with Crippen molar-refractivity contribution in [3.8, 4) is 0 Å². The van der Waals surface area contributed by atoms with E-state index in [0.717, 1.165) is 12.0 Å². The molecule has 1 aromatic rings. The molecule has 0 bridgehead atoms. The van der Waals surface area contributed by atoms with Crippen LogP contribution in [0.25, 0.3) is 0 Å². The monoisotopic (exact) mass is 151 g/mol. The van der Waals surface area contributed by atoms with Crippen LogP contribution in [0.1, 0.15) is 17.5 Å². The topological polar surface area (TPSA) is 0 Å². The average molecular weight is 151 g/mol. The van der Waals surface area contributed by atoms with Gasteiger partial charge in [-0.05, 0) is 30.9 Å². The van der Waals surface area contributed by atoms with E-state index < -0.39 is 0 Å². The second-order valence-electron chi connectivity index (χ2n) is 2.61. The van der Waals surface area contributed by atoms with Crippen molar-refractivity contribution in [2.75, 3.05) is 6.67 Å². The Kier molecular flexibility index (Phi) is 3.09. The van der Waals surface area contributed by atoms with E-state index in [2.05, 4.69) is 6.92 Å². The molecule has 0 nitrogen and oxygen atoms in total. The Morgan fingerprint density at radius 3 is 2.82 bits per heavy atom. The number of alkyl halides is 1. The van der Waals surface area contributed by atoms with Crippen molar-refractivity contribution in [2.45, 2.75) is 12.8 Å². The van der Waals surface area contributed by atoms with Crippen LogP contribution < -0.4 is 0 Å². The molecule has 0 aliphatic carbocycles. The quantitative estimate of drug-likeness (QED) is 0.623. The van der Waals surface area contributed by atoms with E-state index in [1.54, 1.807) is 0 Å². The van der Waals surface area contributed by atoms with Crippen LogP contribution in [0.5, 0.6) is 0 Å². The summed E-state index contributed by atoms with van der Waals surface area (Å²) in [4.78, 5) is 0. The molecule has 0 aliphatic heterocycles. The molecule has 0 unspecified atom stereocenters. The van der Waals surface area contributed by atoms with Gasteiger partial charge in [0.15, 0.2) is 0 Å². The molecule has 11 heavy (non-hydrogen) atoms. The minimum Gasteiger partial charge on any atom is -0.251 e. The summed E-state index contributed by atoms with van der Waals surface area (Å²) in [6.45, 7) is 3.56. The summed E-state index contributed by atoms with van der Waals surface area (Å²) in [5, 5.41) is 0. The molecule has 1 rings (SSSR count). The fraction of sp³-hybridized carbons (Fsp3) is 0.300. The van der Waals surface area contributed by atoms with Crippen LogP contribution in [-0.4, -0.2) is 6.67 Å². The SMILES string of the molecule is [CH2]c1cccc(CCCF)c1. The maximum absolute atomic E-state index is 11.8. The zero-order valence-corrected chi connectivity index (χ0v) is 6.52. The lowest BCUT2D eigenvalue weighted by Gasteiger charge is -1.98. The molecular formula is C10H12F. The molecule has 1 radical (unpaired) electrons. The molecule has 0 heterocycles. The van der Waals surface area contributed by atoms with Crippen LogP contribution in [0.15, 0.2) is 24.3 Å². The summed E-state index contributed by atoms with van der Waals surface area (Å²) < 4.78 is 11.8. The Morgan fingerprint density at radius 1 is 1.36 bits per heavy atom. The minimum atomic E-state index is -0.235. The van der Waals surface area contributed by atoms with Gasteiger partial charge in [-0.1, -0.05) is 24.3 Å². The lowest BCUT2D eigenvalue weighted by Crippen LogP contribution is -1.86. The van der Waals surface area contributed by atoms with Gasteiger partial charge in [-0.3, -0.25) is 4.39 Å². The first kappa shape index (κ1) is 8.25. The van der Waals surface area contributed by atoms with Gasteiger partial charge in [0.25, 0.3) is 0 Å². The molecule has 1 aromatic carbocycles. The van der Waals surface area contributed by atoms with Crippen LogP contribution in [0.4, 0.5) is 4.39 Å². The number of benzene rings is 1. The number of aryl methyl sites for hydroxylation is 1. The Hall–Kier alpha value is -0.850. The van der Waals surface area contributed by atoms with Crippen molar-refractivity contribution in [2.24, 2.45) is 0 Å². The highest BCUT2D eigenvalue weighted by Crippen LogP contribution is 2.06. The zero-order chi connectivity index (χ0) is 8.10. The van der Waals surface area contributed by atoms with Crippen molar-refractivity contribution < 1.29 is 4.39 Å². The first-order valence-electron chi connectivity index (χ1n) is 3.80. The highest BCUT2D eigenvalue weighted by molar-refractivity contribution is 5.25. The predicted molar refractivity (Wildman–Crippen MR) is 45.2 cm³/mol. The van der Waals surface area contributed by atoms with Crippen LogP contribution in [0, 0.1) is 6.92 Å². The van der Waals surface area contributed by atoms with Crippen molar-refractivity contribution >= 4 is 0 Å². The van der Waals surface area contributed by atoms with Gasteiger partial charge >= 0.3 is 0 Å². The summed E-state index contributed by atoms with van der Waals surface area (Å²) in [7, 11) is 0. The predicted octanol–water partition coefficient (Wildman–Crippen LogP) is 2.77.